The molecule has 11 aromatic rings. The van der Waals surface area contributed by atoms with E-state index in [9.17, 15) is 0 Å². The first-order valence-corrected chi connectivity index (χ1v) is 21.1. The molecule has 62 heavy (non-hydrogen) atoms. The van der Waals surface area contributed by atoms with Crippen LogP contribution in [0.1, 0.15) is 17.0 Å². The Hall–Kier alpha value is -8.15. The first-order chi connectivity index (χ1) is 30.7. The zero-order valence-corrected chi connectivity index (χ0v) is 33.4. The number of fused-ring (bicyclic) bond motifs is 12. The maximum absolute atomic E-state index is 6.65. The normalized spacial score (nSPS) is 15.6. The number of rotatable bonds is 5. The van der Waals surface area contributed by atoms with Crippen molar-refractivity contribution in [1.29, 1.82) is 0 Å². The van der Waals surface area contributed by atoms with Crippen LogP contribution in [0.5, 0.6) is 5.75 Å². The zero-order valence-electron chi connectivity index (χ0n) is 33.4. The quantitative estimate of drug-likeness (QED) is 0.162. The fraction of sp³-hybridized carbons (Fsp3) is 0.0351. The lowest BCUT2D eigenvalue weighted by Gasteiger charge is -2.20. The van der Waals surface area contributed by atoms with Crippen LogP contribution in [0.25, 0.3) is 105 Å². The van der Waals surface area contributed by atoms with Crippen LogP contribution in [0.4, 0.5) is 0 Å². The lowest BCUT2D eigenvalue weighted by atomic mass is 9.84. The van der Waals surface area contributed by atoms with Crippen molar-refractivity contribution in [2.45, 2.75) is 12.0 Å². The second kappa shape index (κ2) is 13.7. The number of ether oxygens (including phenoxy) is 1. The molecule has 0 fully saturated rings. The van der Waals surface area contributed by atoms with Crippen molar-refractivity contribution in [2.24, 2.45) is 0 Å². The van der Waals surface area contributed by atoms with Crippen molar-refractivity contribution in [2.75, 3.05) is 0 Å². The summed E-state index contributed by atoms with van der Waals surface area (Å²) in [7, 11) is 0. The van der Waals surface area contributed by atoms with E-state index in [1.165, 1.54) is 37.9 Å². The number of hydrogen-bond donors (Lipinski definition) is 0. The maximum Gasteiger partial charge on any atom is 0.164 e. The molecule has 290 valence electrons. The van der Waals surface area contributed by atoms with Gasteiger partial charge in [-0.05, 0) is 91.0 Å². The molecule has 2 unspecified atom stereocenters. The number of aromatic nitrogens is 3. The van der Waals surface area contributed by atoms with Gasteiger partial charge in [0.25, 0.3) is 0 Å². The van der Waals surface area contributed by atoms with Gasteiger partial charge in [-0.3, -0.25) is 0 Å². The van der Waals surface area contributed by atoms with Crippen molar-refractivity contribution in [1.82, 2.24) is 15.0 Å². The van der Waals surface area contributed by atoms with Gasteiger partial charge in [0, 0.05) is 38.9 Å². The first-order valence-electron chi connectivity index (χ1n) is 21.1. The third-order valence-electron chi connectivity index (χ3n) is 12.7. The van der Waals surface area contributed by atoms with Crippen LogP contribution in [-0.4, -0.2) is 21.1 Å². The lowest BCUT2D eigenvalue weighted by molar-refractivity contribution is 0.269. The Labute approximate surface area is 356 Å². The number of benzene rings is 9. The molecule has 0 spiro atoms. The standard InChI is InChI=1S/C57H35N3O2/c1-3-13-34(14-4-1)55-58-56(35-15-5-2-6-16-35)60-57(59-55)45-22-12-24-52-54(45)48-33-38(27-30-50(48)62-52)39-21-11-23-51-53(39)47-32-37(26-29-49(47)61-51)36-25-28-44-42-19-8-7-17-40(42)41-18-9-10-20-43(41)46(44)31-36/h1-33,48,50H. The van der Waals surface area contributed by atoms with Crippen LogP contribution in [0.2, 0.25) is 0 Å². The number of nitrogens with zero attached hydrogens (tertiary/aromatic N) is 3. The minimum absolute atomic E-state index is 0.0641. The van der Waals surface area contributed by atoms with Gasteiger partial charge in [-0.15, -0.1) is 0 Å². The predicted octanol–water partition coefficient (Wildman–Crippen LogP) is 14.4. The van der Waals surface area contributed by atoms with E-state index in [2.05, 4.69) is 133 Å². The SMILES string of the molecule is C1=CC2Oc3cccc(-c4nc(-c5ccccc5)nc(-c5ccccc5)n4)c3C2C=C1c1cccc2oc3ccc(-c4ccc5c6ccccc6c6ccccc6c5c4)cc3c12. The van der Waals surface area contributed by atoms with Crippen LogP contribution in [-0.2, 0) is 0 Å². The third-order valence-corrected chi connectivity index (χ3v) is 12.7. The van der Waals surface area contributed by atoms with Gasteiger partial charge in [0.1, 0.15) is 23.0 Å². The van der Waals surface area contributed by atoms with Crippen molar-refractivity contribution >= 4 is 59.8 Å². The average Bonchev–Trinajstić information content (AvgIpc) is 3.92. The van der Waals surface area contributed by atoms with E-state index in [4.69, 9.17) is 24.1 Å². The van der Waals surface area contributed by atoms with Gasteiger partial charge in [0.2, 0.25) is 0 Å². The smallest absolute Gasteiger partial charge is 0.164 e. The van der Waals surface area contributed by atoms with Crippen LogP contribution >= 0.6 is 0 Å². The minimum atomic E-state index is -0.160. The highest BCUT2D eigenvalue weighted by atomic mass is 16.5. The van der Waals surface area contributed by atoms with E-state index < -0.39 is 0 Å². The molecule has 0 bridgehead atoms. The summed E-state index contributed by atoms with van der Waals surface area (Å²) in [6, 6.07) is 63.8. The molecule has 5 heteroatoms. The maximum atomic E-state index is 6.65. The largest absolute Gasteiger partial charge is 0.485 e. The van der Waals surface area contributed by atoms with Gasteiger partial charge < -0.3 is 9.15 Å². The van der Waals surface area contributed by atoms with E-state index in [0.717, 1.165) is 66.6 Å². The molecule has 3 heterocycles. The molecular formula is C57H35N3O2. The van der Waals surface area contributed by atoms with Gasteiger partial charge in [0.15, 0.2) is 17.5 Å². The zero-order chi connectivity index (χ0) is 40.7. The van der Waals surface area contributed by atoms with Crippen LogP contribution in [0.3, 0.4) is 0 Å². The molecule has 1 aliphatic heterocycles. The fourth-order valence-electron chi connectivity index (χ4n) is 9.80. The summed E-state index contributed by atoms with van der Waals surface area (Å²) >= 11 is 0. The molecule has 0 N–H and O–H groups in total. The Kier molecular flexibility index (Phi) is 7.66. The molecular weight excluding hydrogens is 759 g/mol. The predicted molar refractivity (Wildman–Crippen MR) is 252 cm³/mol. The summed E-state index contributed by atoms with van der Waals surface area (Å²) in [6.45, 7) is 0. The highest BCUT2D eigenvalue weighted by Crippen LogP contribution is 2.49. The number of hydrogen-bond acceptors (Lipinski definition) is 5. The molecule has 0 saturated heterocycles. The molecule has 13 rings (SSSR count). The molecule has 0 saturated carbocycles. The van der Waals surface area contributed by atoms with Gasteiger partial charge in [-0.25, -0.2) is 15.0 Å². The highest BCUT2D eigenvalue weighted by molar-refractivity contribution is 6.26. The second-order valence-electron chi connectivity index (χ2n) is 16.2. The topological polar surface area (TPSA) is 61.0 Å². The first kappa shape index (κ1) is 34.7. The minimum Gasteiger partial charge on any atom is -0.485 e. The van der Waals surface area contributed by atoms with Gasteiger partial charge >= 0.3 is 0 Å². The Morgan fingerprint density at radius 3 is 1.66 bits per heavy atom. The van der Waals surface area contributed by atoms with E-state index >= 15 is 0 Å². The molecule has 2 atom stereocenters. The van der Waals surface area contributed by atoms with Crippen molar-refractivity contribution in [3.8, 4) is 51.0 Å². The summed E-state index contributed by atoms with van der Waals surface area (Å²) in [6.07, 6.45) is 6.59. The Morgan fingerprint density at radius 2 is 0.968 bits per heavy atom. The Morgan fingerprint density at radius 1 is 0.403 bits per heavy atom. The third kappa shape index (κ3) is 5.45. The van der Waals surface area contributed by atoms with Crippen molar-refractivity contribution < 1.29 is 9.15 Å². The number of furan rings is 1. The summed E-state index contributed by atoms with van der Waals surface area (Å²) in [4.78, 5) is 15.2. The summed E-state index contributed by atoms with van der Waals surface area (Å²) in [5.74, 6) is 2.66. The van der Waals surface area contributed by atoms with E-state index in [1.807, 2.05) is 66.7 Å². The molecule has 5 nitrogen and oxygen atoms in total. The summed E-state index contributed by atoms with van der Waals surface area (Å²) in [5, 5.41) is 9.79. The van der Waals surface area contributed by atoms with E-state index in [1.54, 1.807) is 0 Å². The molecule has 0 amide bonds. The van der Waals surface area contributed by atoms with E-state index in [0.29, 0.717) is 17.5 Å². The highest BCUT2D eigenvalue weighted by Gasteiger charge is 2.37. The van der Waals surface area contributed by atoms with Gasteiger partial charge in [-0.1, -0.05) is 164 Å². The molecule has 9 aromatic carbocycles. The second-order valence-corrected chi connectivity index (χ2v) is 16.2. The molecule has 0 radical (unpaired) electrons. The molecule has 2 aliphatic rings. The van der Waals surface area contributed by atoms with Crippen LogP contribution in [0.15, 0.2) is 205 Å². The van der Waals surface area contributed by atoms with Crippen LogP contribution < -0.4 is 4.74 Å². The fourth-order valence-corrected chi connectivity index (χ4v) is 9.80. The van der Waals surface area contributed by atoms with Crippen LogP contribution in [0, 0.1) is 0 Å². The summed E-state index contributed by atoms with van der Waals surface area (Å²) < 4.78 is 13.2. The van der Waals surface area contributed by atoms with E-state index in [-0.39, 0.29) is 12.0 Å². The Balaban J connectivity index is 0.936. The van der Waals surface area contributed by atoms with Gasteiger partial charge in [-0.2, -0.15) is 0 Å². The summed E-state index contributed by atoms with van der Waals surface area (Å²) in [5.41, 5.74) is 10.2. The van der Waals surface area contributed by atoms with Crippen molar-refractivity contribution in [3.63, 3.8) is 0 Å². The van der Waals surface area contributed by atoms with Gasteiger partial charge in [0.05, 0.1) is 0 Å². The monoisotopic (exact) mass is 793 g/mol. The number of allylic oxidation sites excluding steroid dienone is 2. The lowest BCUT2D eigenvalue weighted by Crippen LogP contribution is -2.17. The molecule has 2 aromatic heterocycles. The van der Waals surface area contributed by atoms with Crippen molar-refractivity contribution in [3.05, 3.63) is 211 Å². The average molecular weight is 794 g/mol. The Bertz CT molecular complexity index is 3590. The molecule has 1 aliphatic carbocycles.